The van der Waals surface area contributed by atoms with Gasteiger partial charge in [0.25, 0.3) is 0 Å². The fraction of sp³-hybridized carbons (Fsp3) is 0.667. The molecule has 1 aliphatic carbocycles. The second-order valence-electron chi connectivity index (χ2n) is 9.00. The van der Waals surface area contributed by atoms with Crippen LogP contribution in [-0.2, 0) is 11.3 Å². The standard InChI is InChI=1S/C24H39N5O2/c1-18-8-11-20(22(15-18)31-17-19-9-10-19)16-27-24(25-2)26-12-6-14-29-13-5-7-21(29)23(30)28(3)4/h8,11,15,19,21H,5-7,9-10,12-14,16-17H2,1-4H3,(H2,25,26,27). The predicted octanol–water partition coefficient (Wildman–Crippen LogP) is 2.39. The van der Waals surface area contributed by atoms with E-state index in [9.17, 15) is 4.79 Å². The molecular weight excluding hydrogens is 390 g/mol. The zero-order chi connectivity index (χ0) is 22.2. The van der Waals surface area contributed by atoms with Crippen molar-refractivity contribution in [3.63, 3.8) is 0 Å². The van der Waals surface area contributed by atoms with Crippen LogP contribution in [0, 0.1) is 12.8 Å². The van der Waals surface area contributed by atoms with E-state index in [0.29, 0.717) is 6.54 Å². The molecule has 1 saturated heterocycles. The van der Waals surface area contributed by atoms with Crippen molar-refractivity contribution >= 4 is 11.9 Å². The second kappa shape index (κ2) is 11.4. The van der Waals surface area contributed by atoms with Gasteiger partial charge in [0.15, 0.2) is 5.96 Å². The molecule has 1 aromatic rings. The first-order valence-corrected chi connectivity index (χ1v) is 11.6. The average Bonchev–Trinajstić information content (AvgIpc) is 3.47. The number of nitrogens with zero attached hydrogens (tertiary/aromatic N) is 3. The lowest BCUT2D eigenvalue weighted by Crippen LogP contribution is -2.44. The third-order valence-corrected chi connectivity index (χ3v) is 6.07. The van der Waals surface area contributed by atoms with Gasteiger partial charge in [-0.3, -0.25) is 14.7 Å². The average molecular weight is 430 g/mol. The highest BCUT2D eigenvalue weighted by atomic mass is 16.5. The largest absolute Gasteiger partial charge is 0.493 e. The number of benzene rings is 1. The lowest BCUT2D eigenvalue weighted by Gasteiger charge is -2.26. The van der Waals surface area contributed by atoms with Gasteiger partial charge in [-0.2, -0.15) is 0 Å². The molecule has 31 heavy (non-hydrogen) atoms. The predicted molar refractivity (Wildman–Crippen MR) is 126 cm³/mol. The molecule has 1 amide bonds. The van der Waals surface area contributed by atoms with Crippen LogP contribution >= 0.6 is 0 Å². The number of hydrogen-bond acceptors (Lipinski definition) is 4. The molecule has 1 heterocycles. The number of nitrogens with one attached hydrogen (secondary N) is 2. The normalized spacial score (nSPS) is 19.4. The van der Waals surface area contributed by atoms with Crippen LogP contribution in [0.2, 0.25) is 0 Å². The molecule has 7 nitrogen and oxygen atoms in total. The third-order valence-electron chi connectivity index (χ3n) is 6.07. The first-order chi connectivity index (χ1) is 15.0. The summed E-state index contributed by atoms with van der Waals surface area (Å²) in [6.07, 6.45) is 5.62. The Hall–Kier alpha value is -2.28. The van der Waals surface area contributed by atoms with Gasteiger partial charge in [0.2, 0.25) is 5.91 Å². The van der Waals surface area contributed by atoms with E-state index in [2.05, 4.69) is 45.6 Å². The second-order valence-corrected chi connectivity index (χ2v) is 9.00. The molecule has 0 aromatic heterocycles. The van der Waals surface area contributed by atoms with E-state index in [1.165, 1.54) is 18.4 Å². The molecule has 1 aromatic carbocycles. The SMILES string of the molecule is CN=C(NCCCN1CCCC1C(=O)N(C)C)NCc1ccc(C)cc1OCC1CC1. The number of rotatable bonds is 10. The zero-order valence-electron chi connectivity index (χ0n) is 19.6. The van der Waals surface area contributed by atoms with Crippen molar-refractivity contribution in [2.75, 3.05) is 47.4 Å². The number of aryl methyl sites for hydroxylation is 1. The molecule has 172 valence electrons. The molecule has 2 fully saturated rings. The number of likely N-dealkylation sites (tertiary alicyclic amines) is 1. The van der Waals surface area contributed by atoms with E-state index in [-0.39, 0.29) is 11.9 Å². The topological polar surface area (TPSA) is 69.2 Å². The summed E-state index contributed by atoms with van der Waals surface area (Å²) in [5, 5.41) is 6.80. The Kier molecular flexibility index (Phi) is 8.58. The van der Waals surface area contributed by atoms with Gasteiger partial charge in [0.1, 0.15) is 5.75 Å². The van der Waals surface area contributed by atoms with E-state index < -0.39 is 0 Å². The van der Waals surface area contributed by atoms with Crippen molar-refractivity contribution in [3.8, 4) is 5.75 Å². The van der Waals surface area contributed by atoms with Crippen LogP contribution < -0.4 is 15.4 Å². The molecule has 0 spiro atoms. The molecule has 0 bridgehead atoms. The molecule has 7 heteroatoms. The van der Waals surface area contributed by atoms with Crippen LogP contribution in [0.4, 0.5) is 0 Å². The maximum absolute atomic E-state index is 12.3. The minimum absolute atomic E-state index is 0.0445. The van der Waals surface area contributed by atoms with E-state index in [4.69, 9.17) is 4.74 Å². The number of ether oxygens (including phenoxy) is 1. The highest BCUT2D eigenvalue weighted by Gasteiger charge is 2.31. The number of amides is 1. The molecule has 0 radical (unpaired) electrons. The highest BCUT2D eigenvalue weighted by molar-refractivity contribution is 5.81. The van der Waals surface area contributed by atoms with Gasteiger partial charge in [-0.25, -0.2) is 0 Å². The van der Waals surface area contributed by atoms with Crippen molar-refractivity contribution < 1.29 is 9.53 Å². The maximum Gasteiger partial charge on any atom is 0.239 e. The van der Waals surface area contributed by atoms with Crippen molar-refractivity contribution in [2.24, 2.45) is 10.9 Å². The Balaban J connectivity index is 1.41. The maximum atomic E-state index is 12.3. The fourth-order valence-electron chi connectivity index (χ4n) is 3.99. The fourth-order valence-corrected chi connectivity index (χ4v) is 3.99. The van der Waals surface area contributed by atoms with Crippen molar-refractivity contribution in [1.82, 2.24) is 20.4 Å². The van der Waals surface area contributed by atoms with Crippen LogP contribution in [0.3, 0.4) is 0 Å². The molecule has 3 rings (SSSR count). The van der Waals surface area contributed by atoms with Gasteiger partial charge >= 0.3 is 0 Å². The van der Waals surface area contributed by atoms with E-state index in [1.54, 1.807) is 11.9 Å². The van der Waals surface area contributed by atoms with Crippen LogP contribution in [0.25, 0.3) is 0 Å². The molecule has 1 atom stereocenters. The Morgan fingerprint density at radius 1 is 1.26 bits per heavy atom. The molecule has 1 unspecified atom stereocenters. The van der Waals surface area contributed by atoms with E-state index in [0.717, 1.165) is 68.7 Å². The number of likely N-dealkylation sites (N-methyl/N-ethyl adjacent to an activating group) is 1. The lowest BCUT2D eigenvalue weighted by molar-refractivity contribution is -0.133. The van der Waals surface area contributed by atoms with Crippen LogP contribution in [0.5, 0.6) is 5.75 Å². The van der Waals surface area contributed by atoms with Crippen molar-refractivity contribution in [2.45, 2.75) is 51.6 Å². The Labute approximate surface area is 187 Å². The first-order valence-electron chi connectivity index (χ1n) is 11.6. The minimum Gasteiger partial charge on any atom is -0.493 e. The minimum atomic E-state index is 0.0445. The first kappa shape index (κ1) is 23.4. The molecule has 2 N–H and O–H groups in total. The summed E-state index contributed by atoms with van der Waals surface area (Å²) in [4.78, 5) is 20.7. The third kappa shape index (κ3) is 7.13. The van der Waals surface area contributed by atoms with E-state index in [1.807, 2.05) is 14.1 Å². The highest BCUT2D eigenvalue weighted by Crippen LogP contribution is 2.30. The van der Waals surface area contributed by atoms with Crippen molar-refractivity contribution in [3.05, 3.63) is 29.3 Å². The lowest BCUT2D eigenvalue weighted by atomic mass is 10.1. The number of hydrogen-bond donors (Lipinski definition) is 2. The summed E-state index contributed by atoms with van der Waals surface area (Å²) >= 11 is 0. The summed E-state index contributed by atoms with van der Waals surface area (Å²) in [5.74, 6) is 2.72. The number of carbonyl (C=O) groups excluding carboxylic acids is 1. The summed E-state index contributed by atoms with van der Waals surface area (Å²) in [5.41, 5.74) is 2.36. The van der Waals surface area contributed by atoms with Gasteiger partial charge in [-0.1, -0.05) is 12.1 Å². The summed E-state index contributed by atoms with van der Waals surface area (Å²) in [6, 6.07) is 6.42. The molecular formula is C24H39N5O2. The Morgan fingerprint density at radius 2 is 2.06 bits per heavy atom. The molecule has 1 saturated carbocycles. The summed E-state index contributed by atoms with van der Waals surface area (Å²) in [7, 11) is 5.47. The van der Waals surface area contributed by atoms with Crippen molar-refractivity contribution in [1.29, 1.82) is 0 Å². The quantitative estimate of drug-likeness (QED) is 0.340. The van der Waals surface area contributed by atoms with Gasteiger partial charge < -0.3 is 20.3 Å². The monoisotopic (exact) mass is 429 g/mol. The van der Waals surface area contributed by atoms with Crippen LogP contribution in [-0.4, -0.2) is 75.1 Å². The van der Waals surface area contributed by atoms with Gasteiger partial charge in [-0.15, -0.1) is 0 Å². The van der Waals surface area contributed by atoms with Crippen LogP contribution in [0.1, 0.15) is 43.2 Å². The Bertz CT molecular complexity index is 760. The molecule has 1 aliphatic heterocycles. The van der Waals surface area contributed by atoms with E-state index >= 15 is 0 Å². The van der Waals surface area contributed by atoms with Gasteiger partial charge in [0.05, 0.1) is 12.6 Å². The Morgan fingerprint density at radius 3 is 2.77 bits per heavy atom. The summed E-state index contributed by atoms with van der Waals surface area (Å²) < 4.78 is 6.07. The van der Waals surface area contributed by atoms with Crippen LogP contribution in [0.15, 0.2) is 23.2 Å². The number of aliphatic imine (C=N–C) groups is 1. The number of carbonyl (C=O) groups is 1. The molecule has 2 aliphatic rings. The smallest absolute Gasteiger partial charge is 0.239 e. The van der Waals surface area contributed by atoms with Gasteiger partial charge in [0, 0.05) is 46.3 Å². The summed E-state index contributed by atoms with van der Waals surface area (Å²) in [6.45, 7) is 6.33. The zero-order valence-corrected chi connectivity index (χ0v) is 19.6. The number of guanidine groups is 1. The van der Waals surface area contributed by atoms with Gasteiger partial charge in [-0.05, 0) is 63.1 Å².